The lowest BCUT2D eigenvalue weighted by Crippen LogP contribution is -2.25. The van der Waals surface area contributed by atoms with E-state index in [2.05, 4.69) is 90.2 Å². The molecule has 0 saturated carbocycles. The Morgan fingerprint density at radius 3 is 1.33 bits per heavy atom. The summed E-state index contributed by atoms with van der Waals surface area (Å²) >= 11 is 0. The molecule has 6 heteroatoms. The molecular formula is C45H32N6. The van der Waals surface area contributed by atoms with Crippen molar-refractivity contribution in [3.8, 4) is 50.6 Å². The molecule has 0 amide bonds. The van der Waals surface area contributed by atoms with Crippen LogP contribution in [0.3, 0.4) is 0 Å². The lowest BCUT2D eigenvalue weighted by atomic mass is 9.95. The monoisotopic (exact) mass is 656 g/mol. The van der Waals surface area contributed by atoms with E-state index < -0.39 is 0 Å². The van der Waals surface area contributed by atoms with Crippen molar-refractivity contribution in [1.82, 2.24) is 19.6 Å². The molecule has 51 heavy (non-hydrogen) atoms. The van der Waals surface area contributed by atoms with Gasteiger partial charge in [-0.05, 0) is 16.7 Å². The predicted molar refractivity (Wildman–Crippen MR) is 208 cm³/mol. The Morgan fingerprint density at radius 2 is 0.824 bits per heavy atom. The van der Waals surface area contributed by atoms with Gasteiger partial charge in [0.2, 0.25) is 0 Å². The van der Waals surface area contributed by atoms with Crippen LogP contribution in [0.25, 0.3) is 62.0 Å². The Balaban J connectivity index is 1.45. The molecule has 2 aromatic heterocycles. The summed E-state index contributed by atoms with van der Waals surface area (Å²) in [7, 11) is 0. The molecule has 0 fully saturated rings. The predicted octanol–water partition coefficient (Wildman–Crippen LogP) is 10.6. The fourth-order valence-electron chi connectivity index (χ4n) is 6.88. The van der Waals surface area contributed by atoms with Crippen molar-refractivity contribution in [3.05, 3.63) is 193 Å². The van der Waals surface area contributed by atoms with Gasteiger partial charge in [0.15, 0.2) is 5.82 Å². The van der Waals surface area contributed by atoms with Gasteiger partial charge in [-0.3, -0.25) is 5.41 Å². The number of hydrogen-bond acceptors (Lipinski definition) is 4. The van der Waals surface area contributed by atoms with Gasteiger partial charge in [-0.25, -0.2) is 0 Å². The molecule has 6 nitrogen and oxygen atoms in total. The zero-order chi connectivity index (χ0) is 34.1. The summed E-state index contributed by atoms with van der Waals surface area (Å²) in [5.74, 6) is 2.26. The maximum atomic E-state index is 9.77. The molecule has 6 aromatic carbocycles. The summed E-state index contributed by atoms with van der Waals surface area (Å²) in [5.41, 5.74) is 10.4. The van der Waals surface area contributed by atoms with Crippen LogP contribution in [-0.2, 0) is 0 Å². The molecule has 0 atom stereocenters. The lowest BCUT2D eigenvalue weighted by Gasteiger charge is -2.26. The summed E-state index contributed by atoms with van der Waals surface area (Å²) in [4.78, 5) is 0. The van der Waals surface area contributed by atoms with Gasteiger partial charge < -0.3 is 5.32 Å². The number of hydrogen-bond donors (Lipinski definition) is 2. The van der Waals surface area contributed by atoms with Crippen molar-refractivity contribution < 1.29 is 0 Å². The smallest absolute Gasteiger partial charge is 0.169 e. The topological polar surface area (TPSA) is 71.5 Å². The average molecular weight is 657 g/mol. The molecule has 3 heterocycles. The second-order valence-corrected chi connectivity index (χ2v) is 12.4. The molecule has 0 bridgehead atoms. The highest BCUT2D eigenvalue weighted by Crippen LogP contribution is 2.47. The van der Waals surface area contributed by atoms with Crippen LogP contribution in [0.1, 0.15) is 11.1 Å². The van der Waals surface area contributed by atoms with E-state index in [1.165, 1.54) is 0 Å². The second kappa shape index (κ2) is 12.8. The molecule has 1 aliphatic rings. The average Bonchev–Trinajstić information content (AvgIpc) is 3.80. The fourth-order valence-corrected chi connectivity index (χ4v) is 6.88. The van der Waals surface area contributed by atoms with E-state index in [1.54, 1.807) is 0 Å². The molecule has 8 aromatic rings. The zero-order valence-corrected chi connectivity index (χ0v) is 27.6. The molecule has 9 rings (SSSR count). The van der Waals surface area contributed by atoms with Crippen LogP contribution in [0, 0.1) is 5.41 Å². The number of fused-ring (bicyclic) bond motifs is 3. The van der Waals surface area contributed by atoms with E-state index in [4.69, 9.17) is 10.2 Å². The molecule has 1 aliphatic heterocycles. The Morgan fingerprint density at radius 1 is 0.431 bits per heavy atom. The first kappa shape index (κ1) is 30.0. The van der Waals surface area contributed by atoms with Crippen LogP contribution in [0.15, 0.2) is 182 Å². The van der Waals surface area contributed by atoms with E-state index in [0.717, 1.165) is 73.1 Å². The molecule has 0 radical (unpaired) electrons. The number of nitrogens with zero attached hydrogens (tertiary/aromatic N) is 4. The van der Waals surface area contributed by atoms with E-state index in [0.29, 0.717) is 11.5 Å². The van der Waals surface area contributed by atoms with Gasteiger partial charge in [-0.1, -0.05) is 182 Å². The van der Waals surface area contributed by atoms with Crippen molar-refractivity contribution in [3.63, 3.8) is 0 Å². The largest absolute Gasteiger partial charge is 0.324 e. The van der Waals surface area contributed by atoms with Crippen LogP contribution in [0.2, 0.25) is 0 Å². The minimum Gasteiger partial charge on any atom is -0.324 e. The lowest BCUT2D eigenvalue weighted by molar-refractivity contribution is 0.760. The van der Waals surface area contributed by atoms with Crippen molar-refractivity contribution in [1.29, 1.82) is 5.41 Å². The highest BCUT2D eigenvalue weighted by molar-refractivity contribution is 6.35. The molecule has 0 aliphatic carbocycles. The van der Waals surface area contributed by atoms with Gasteiger partial charge in [0, 0.05) is 16.7 Å². The second-order valence-electron chi connectivity index (χ2n) is 12.4. The van der Waals surface area contributed by atoms with E-state index in [1.807, 2.05) is 106 Å². The van der Waals surface area contributed by atoms with E-state index in [9.17, 15) is 5.41 Å². The number of benzene rings is 6. The van der Waals surface area contributed by atoms with E-state index in [-0.39, 0.29) is 0 Å². The van der Waals surface area contributed by atoms with Crippen molar-refractivity contribution in [2.45, 2.75) is 0 Å². The van der Waals surface area contributed by atoms with Gasteiger partial charge in [-0.15, -0.1) is 0 Å². The Labute approximate surface area is 296 Å². The Kier molecular flexibility index (Phi) is 7.52. The number of rotatable bonds is 7. The number of nitrogens with one attached hydrogen (secondary N) is 2. The first-order chi connectivity index (χ1) is 25.3. The van der Waals surface area contributed by atoms with Gasteiger partial charge in [-0.2, -0.15) is 19.6 Å². The quantitative estimate of drug-likeness (QED) is 0.168. The van der Waals surface area contributed by atoms with Gasteiger partial charge in [0.25, 0.3) is 0 Å². The van der Waals surface area contributed by atoms with Crippen LogP contribution >= 0.6 is 0 Å². The van der Waals surface area contributed by atoms with E-state index >= 15 is 0 Å². The van der Waals surface area contributed by atoms with Crippen molar-refractivity contribution in [2.75, 3.05) is 5.32 Å². The van der Waals surface area contributed by atoms with Gasteiger partial charge >= 0.3 is 0 Å². The van der Waals surface area contributed by atoms with Crippen LogP contribution in [0.5, 0.6) is 0 Å². The van der Waals surface area contributed by atoms with Crippen LogP contribution < -0.4 is 5.32 Å². The SMILES string of the molecule is N=C(/C(=C1\Nc2c(-c3ccccc3)c(-c3ccccc3)nn2-c2c(-c3ccccc3)c(-c3ccccc3)nn21)c1ccccc1)c1ccccc1. The first-order valence-electron chi connectivity index (χ1n) is 17.0. The maximum Gasteiger partial charge on any atom is 0.169 e. The van der Waals surface area contributed by atoms with Crippen molar-refractivity contribution >= 4 is 22.9 Å². The Hall–Kier alpha value is -7.05. The normalized spacial score (nSPS) is 12.8. The summed E-state index contributed by atoms with van der Waals surface area (Å²) in [6.45, 7) is 0. The summed E-state index contributed by atoms with van der Waals surface area (Å²) in [5, 5.41) is 24.5. The minimum absolute atomic E-state index is 0.380. The molecular weight excluding hydrogens is 625 g/mol. The molecule has 0 unspecified atom stereocenters. The third-order valence-electron chi connectivity index (χ3n) is 9.23. The summed E-state index contributed by atoms with van der Waals surface area (Å²) in [6, 6.07) is 61.4. The first-order valence-corrected chi connectivity index (χ1v) is 17.0. The fraction of sp³-hybridized carbons (Fsp3) is 0. The number of anilines is 1. The number of allylic oxidation sites excluding steroid dienone is 1. The number of aromatic nitrogens is 4. The Bertz CT molecular complexity index is 2520. The van der Waals surface area contributed by atoms with Crippen LogP contribution in [-0.4, -0.2) is 25.3 Å². The van der Waals surface area contributed by atoms with Gasteiger partial charge in [0.1, 0.15) is 23.0 Å². The highest BCUT2D eigenvalue weighted by Gasteiger charge is 2.35. The third-order valence-corrected chi connectivity index (χ3v) is 9.23. The highest BCUT2D eigenvalue weighted by atomic mass is 15.5. The summed E-state index contributed by atoms with van der Waals surface area (Å²) in [6.07, 6.45) is 0. The molecule has 0 saturated heterocycles. The summed E-state index contributed by atoms with van der Waals surface area (Å²) < 4.78 is 3.96. The molecule has 242 valence electrons. The maximum absolute atomic E-state index is 9.77. The standard InChI is InChI=1S/C45H32N6/c46-40(34-25-13-4-14-26-34)37(31-19-7-1-8-20-31)43-47-44-38(32-21-9-2-10-22-32)41(35-27-15-5-16-28-35)48-51(44)45-39(33-23-11-3-12-24-33)42(49-50(43)45)36-29-17-6-18-30-36/h1-30,46-47H/b43-37+,46-40?. The molecule has 2 N–H and O–H groups in total. The van der Waals surface area contributed by atoms with Crippen molar-refractivity contribution in [2.24, 2.45) is 0 Å². The van der Waals surface area contributed by atoms with Crippen LogP contribution in [0.4, 0.5) is 5.82 Å². The third kappa shape index (κ3) is 5.27. The minimum atomic E-state index is 0.380. The van der Waals surface area contributed by atoms with Gasteiger partial charge in [0.05, 0.1) is 22.4 Å². The molecule has 0 spiro atoms. The zero-order valence-electron chi connectivity index (χ0n) is 27.6.